The highest BCUT2D eigenvalue weighted by Crippen LogP contribution is 2.18. The van der Waals surface area contributed by atoms with Crippen LogP contribution in [0.2, 0.25) is 0 Å². The van der Waals surface area contributed by atoms with E-state index in [1.165, 1.54) is 10.5 Å². The van der Waals surface area contributed by atoms with E-state index in [0.717, 1.165) is 12.3 Å². The van der Waals surface area contributed by atoms with Gasteiger partial charge < -0.3 is 5.32 Å². The van der Waals surface area contributed by atoms with Crippen LogP contribution >= 0.6 is 11.8 Å². The van der Waals surface area contributed by atoms with E-state index in [9.17, 15) is 0 Å². The molecule has 78 valence electrons. The summed E-state index contributed by atoms with van der Waals surface area (Å²) in [7, 11) is 0. The number of hydrogen-bond acceptors (Lipinski definition) is 2. The van der Waals surface area contributed by atoms with Gasteiger partial charge >= 0.3 is 0 Å². The molecule has 1 aromatic carbocycles. The average molecular weight is 209 g/mol. The predicted molar refractivity (Wildman–Crippen MR) is 65.0 cm³/mol. The van der Waals surface area contributed by atoms with Gasteiger partial charge in [0.25, 0.3) is 0 Å². The second kappa shape index (κ2) is 6.10. The van der Waals surface area contributed by atoms with Gasteiger partial charge in [-0.2, -0.15) is 0 Å². The van der Waals surface area contributed by atoms with Gasteiger partial charge in [0, 0.05) is 16.7 Å². The molecule has 1 N–H and O–H groups in total. The molecule has 0 amide bonds. The van der Waals surface area contributed by atoms with Crippen molar-refractivity contribution in [2.45, 2.75) is 31.7 Å². The number of nitrogens with one attached hydrogen (secondary N) is 1. The molecule has 0 heterocycles. The van der Waals surface area contributed by atoms with Crippen LogP contribution in [-0.4, -0.2) is 18.3 Å². The summed E-state index contributed by atoms with van der Waals surface area (Å²) in [5.74, 6) is 1.14. The first kappa shape index (κ1) is 11.6. The largest absolute Gasteiger partial charge is 0.314 e. The van der Waals surface area contributed by atoms with E-state index in [1.807, 2.05) is 11.8 Å². The Morgan fingerprint density at radius 2 is 1.93 bits per heavy atom. The topological polar surface area (TPSA) is 12.0 Å². The van der Waals surface area contributed by atoms with Crippen molar-refractivity contribution in [2.24, 2.45) is 0 Å². The Balaban J connectivity index is 2.34. The summed E-state index contributed by atoms with van der Waals surface area (Å²) < 4.78 is 0. The van der Waals surface area contributed by atoms with Crippen molar-refractivity contribution in [2.75, 3.05) is 12.3 Å². The van der Waals surface area contributed by atoms with Gasteiger partial charge in [0.2, 0.25) is 0 Å². The van der Waals surface area contributed by atoms with Crippen molar-refractivity contribution in [1.82, 2.24) is 5.32 Å². The molecule has 1 unspecified atom stereocenters. The third-order valence-electron chi connectivity index (χ3n) is 2.07. The van der Waals surface area contributed by atoms with Gasteiger partial charge in [-0.1, -0.05) is 24.6 Å². The van der Waals surface area contributed by atoms with Crippen LogP contribution in [0.4, 0.5) is 0 Å². The van der Waals surface area contributed by atoms with Gasteiger partial charge in [0.15, 0.2) is 0 Å². The first-order valence-electron chi connectivity index (χ1n) is 5.15. The molecule has 0 aliphatic heterocycles. The SMILES string of the molecule is CCNC(C)CSc1ccc(C)cc1. The summed E-state index contributed by atoms with van der Waals surface area (Å²) in [5.41, 5.74) is 1.33. The van der Waals surface area contributed by atoms with Crippen LogP contribution in [0.3, 0.4) is 0 Å². The van der Waals surface area contributed by atoms with E-state index in [2.05, 4.69) is 50.4 Å². The lowest BCUT2D eigenvalue weighted by Crippen LogP contribution is -2.27. The normalized spacial score (nSPS) is 12.8. The lowest BCUT2D eigenvalue weighted by Gasteiger charge is -2.11. The molecule has 2 heteroatoms. The van der Waals surface area contributed by atoms with Crippen LogP contribution in [0.15, 0.2) is 29.2 Å². The summed E-state index contributed by atoms with van der Waals surface area (Å²) in [6, 6.07) is 9.31. The predicted octanol–water partition coefficient (Wildman–Crippen LogP) is 3.09. The second-order valence-electron chi connectivity index (χ2n) is 3.58. The molecule has 0 radical (unpaired) electrons. The molecule has 0 saturated carbocycles. The fourth-order valence-corrected chi connectivity index (χ4v) is 2.15. The molecule has 0 aromatic heterocycles. The lowest BCUT2D eigenvalue weighted by atomic mass is 10.2. The maximum absolute atomic E-state index is 3.41. The van der Waals surface area contributed by atoms with Gasteiger partial charge in [-0.15, -0.1) is 11.8 Å². The molecule has 1 atom stereocenters. The smallest absolute Gasteiger partial charge is 0.0133 e. The summed E-state index contributed by atoms with van der Waals surface area (Å²) in [5, 5.41) is 3.41. The Labute approximate surface area is 91.3 Å². The van der Waals surface area contributed by atoms with Crippen LogP contribution in [0.25, 0.3) is 0 Å². The minimum atomic E-state index is 0.589. The number of aryl methyl sites for hydroxylation is 1. The Kier molecular flexibility index (Phi) is 5.05. The Morgan fingerprint density at radius 3 is 2.50 bits per heavy atom. The number of thioether (sulfide) groups is 1. The van der Waals surface area contributed by atoms with Crippen LogP contribution < -0.4 is 5.32 Å². The molecule has 0 aliphatic rings. The lowest BCUT2D eigenvalue weighted by molar-refractivity contribution is 0.620. The summed E-state index contributed by atoms with van der Waals surface area (Å²) in [6.07, 6.45) is 0. The molecule has 0 saturated heterocycles. The van der Waals surface area contributed by atoms with Crippen LogP contribution in [0.5, 0.6) is 0 Å². The van der Waals surface area contributed by atoms with Crippen molar-refractivity contribution < 1.29 is 0 Å². The first-order valence-corrected chi connectivity index (χ1v) is 6.13. The minimum Gasteiger partial charge on any atom is -0.314 e. The van der Waals surface area contributed by atoms with Crippen molar-refractivity contribution >= 4 is 11.8 Å². The van der Waals surface area contributed by atoms with Crippen LogP contribution in [0, 0.1) is 6.92 Å². The van der Waals surface area contributed by atoms with Crippen molar-refractivity contribution in [3.8, 4) is 0 Å². The molecule has 0 fully saturated rings. The fraction of sp³-hybridized carbons (Fsp3) is 0.500. The molecule has 1 nitrogen and oxygen atoms in total. The summed E-state index contributed by atoms with van der Waals surface area (Å²) in [4.78, 5) is 1.36. The summed E-state index contributed by atoms with van der Waals surface area (Å²) in [6.45, 7) is 7.54. The van der Waals surface area contributed by atoms with E-state index in [1.54, 1.807) is 0 Å². The van der Waals surface area contributed by atoms with Crippen molar-refractivity contribution in [1.29, 1.82) is 0 Å². The van der Waals surface area contributed by atoms with E-state index in [-0.39, 0.29) is 0 Å². The van der Waals surface area contributed by atoms with Crippen molar-refractivity contribution in [3.63, 3.8) is 0 Å². The quantitative estimate of drug-likeness (QED) is 0.748. The highest BCUT2D eigenvalue weighted by molar-refractivity contribution is 7.99. The molecule has 1 rings (SSSR count). The number of benzene rings is 1. The Morgan fingerprint density at radius 1 is 1.29 bits per heavy atom. The average Bonchev–Trinajstić information content (AvgIpc) is 2.17. The fourth-order valence-electron chi connectivity index (χ4n) is 1.26. The number of rotatable bonds is 5. The highest BCUT2D eigenvalue weighted by atomic mass is 32.2. The second-order valence-corrected chi connectivity index (χ2v) is 4.68. The standard InChI is InChI=1S/C12H19NS/c1-4-13-11(3)9-14-12-7-5-10(2)6-8-12/h5-8,11,13H,4,9H2,1-3H3. The van der Waals surface area contributed by atoms with E-state index >= 15 is 0 Å². The zero-order valence-corrected chi connectivity index (χ0v) is 10.0. The zero-order chi connectivity index (χ0) is 10.4. The molecule has 0 aliphatic carbocycles. The molecular weight excluding hydrogens is 190 g/mol. The monoisotopic (exact) mass is 209 g/mol. The maximum atomic E-state index is 3.41. The Bertz CT molecular complexity index is 256. The third kappa shape index (κ3) is 4.16. The molecule has 14 heavy (non-hydrogen) atoms. The van der Waals surface area contributed by atoms with Crippen molar-refractivity contribution in [3.05, 3.63) is 29.8 Å². The molecule has 0 bridgehead atoms. The minimum absolute atomic E-state index is 0.589. The molecule has 0 spiro atoms. The van der Waals surface area contributed by atoms with Crippen LogP contribution in [0.1, 0.15) is 19.4 Å². The van der Waals surface area contributed by atoms with E-state index < -0.39 is 0 Å². The van der Waals surface area contributed by atoms with E-state index in [0.29, 0.717) is 6.04 Å². The third-order valence-corrected chi connectivity index (χ3v) is 3.35. The van der Waals surface area contributed by atoms with Gasteiger partial charge in [0.1, 0.15) is 0 Å². The molecular formula is C12H19NS. The van der Waals surface area contributed by atoms with Crippen LogP contribution in [-0.2, 0) is 0 Å². The summed E-state index contributed by atoms with van der Waals surface area (Å²) >= 11 is 1.91. The van der Waals surface area contributed by atoms with Gasteiger partial charge in [0.05, 0.1) is 0 Å². The first-order chi connectivity index (χ1) is 6.72. The van der Waals surface area contributed by atoms with Gasteiger partial charge in [-0.25, -0.2) is 0 Å². The van der Waals surface area contributed by atoms with Gasteiger partial charge in [-0.05, 0) is 32.5 Å². The van der Waals surface area contributed by atoms with E-state index in [4.69, 9.17) is 0 Å². The van der Waals surface area contributed by atoms with Gasteiger partial charge in [-0.3, -0.25) is 0 Å². The maximum Gasteiger partial charge on any atom is 0.0133 e. The zero-order valence-electron chi connectivity index (χ0n) is 9.21. The number of hydrogen-bond donors (Lipinski definition) is 1. The molecule has 1 aromatic rings. The highest BCUT2D eigenvalue weighted by Gasteiger charge is 2.00. The Hall–Kier alpha value is -0.470.